The number of carbonyl (C=O) groups excluding carboxylic acids is 1. The molecule has 3 rings (SSSR count). The predicted octanol–water partition coefficient (Wildman–Crippen LogP) is 3.21. The van der Waals surface area contributed by atoms with Crippen LogP contribution in [0, 0.1) is 19.8 Å². The molecule has 0 saturated carbocycles. The van der Waals surface area contributed by atoms with Crippen LogP contribution in [0.25, 0.3) is 11.0 Å². The zero-order chi connectivity index (χ0) is 17.8. The highest BCUT2D eigenvalue weighted by atomic mass is 32.1. The van der Waals surface area contributed by atoms with E-state index in [4.69, 9.17) is 0 Å². The second kappa shape index (κ2) is 7.67. The second-order valence-corrected chi connectivity index (χ2v) is 7.17. The minimum atomic E-state index is -0.272. The van der Waals surface area contributed by atoms with Crippen molar-refractivity contribution in [2.75, 3.05) is 18.5 Å². The number of urea groups is 1. The molecule has 6 nitrogen and oxygen atoms in total. The van der Waals surface area contributed by atoms with Crippen LogP contribution in [-0.4, -0.2) is 34.3 Å². The van der Waals surface area contributed by atoms with E-state index in [-0.39, 0.29) is 18.6 Å². The summed E-state index contributed by atoms with van der Waals surface area (Å²) in [4.78, 5) is 20.8. The number of carbonyl (C=O) groups is 1. The summed E-state index contributed by atoms with van der Waals surface area (Å²) in [6.07, 6.45) is 2.41. The molecule has 1 aromatic carbocycles. The van der Waals surface area contributed by atoms with Crippen molar-refractivity contribution in [2.45, 2.75) is 20.3 Å². The van der Waals surface area contributed by atoms with E-state index in [1.165, 1.54) is 4.88 Å². The molecule has 1 atom stereocenters. The van der Waals surface area contributed by atoms with Crippen LogP contribution in [0.5, 0.6) is 0 Å². The van der Waals surface area contributed by atoms with Gasteiger partial charge in [-0.3, -0.25) is 0 Å². The minimum absolute atomic E-state index is 0.00215. The molecule has 0 saturated heterocycles. The Labute approximate surface area is 150 Å². The number of imidazole rings is 1. The fraction of sp³-hybridized carbons (Fsp3) is 0.333. The van der Waals surface area contributed by atoms with Gasteiger partial charge in [0.15, 0.2) is 0 Å². The van der Waals surface area contributed by atoms with E-state index in [9.17, 15) is 9.90 Å². The topological polar surface area (TPSA) is 90.0 Å². The van der Waals surface area contributed by atoms with Crippen LogP contribution in [0.15, 0.2) is 29.9 Å². The smallest absolute Gasteiger partial charge is 0.319 e. The number of aromatic nitrogens is 2. The van der Waals surface area contributed by atoms with Gasteiger partial charge in [0.2, 0.25) is 0 Å². The molecule has 0 aliphatic carbocycles. The number of thiophene rings is 1. The molecule has 0 aliphatic rings. The predicted molar refractivity (Wildman–Crippen MR) is 101 cm³/mol. The summed E-state index contributed by atoms with van der Waals surface area (Å²) in [7, 11) is 0. The average Bonchev–Trinajstić information content (AvgIpc) is 3.27. The van der Waals surface area contributed by atoms with Gasteiger partial charge in [0.1, 0.15) is 0 Å². The number of hydrogen-bond donors (Lipinski definition) is 4. The number of aliphatic hydroxyl groups is 1. The Balaban J connectivity index is 1.61. The summed E-state index contributed by atoms with van der Waals surface area (Å²) in [5.74, 6) is 0.00215. The molecule has 4 N–H and O–H groups in total. The number of amides is 2. The van der Waals surface area contributed by atoms with Crippen LogP contribution >= 0.6 is 11.3 Å². The van der Waals surface area contributed by atoms with Crippen LogP contribution in [0.1, 0.15) is 16.0 Å². The van der Waals surface area contributed by atoms with E-state index in [1.54, 1.807) is 17.7 Å². The first-order valence-electron chi connectivity index (χ1n) is 8.20. The first-order valence-corrected chi connectivity index (χ1v) is 9.07. The summed E-state index contributed by atoms with van der Waals surface area (Å²) in [6.45, 7) is 4.41. The van der Waals surface area contributed by atoms with Crippen molar-refractivity contribution in [1.82, 2.24) is 15.3 Å². The van der Waals surface area contributed by atoms with Gasteiger partial charge < -0.3 is 20.7 Å². The lowest BCUT2D eigenvalue weighted by molar-refractivity contribution is 0.218. The van der Waals surface area contributed by atoms with Crippen molar-refractivity contribution in [3.8, 4) is 0 Å². The highest BCUT2D eigenvalue weighted by Gasteiger charge is 2.14. The van der Waals surface area contributed by atoms with Gasteiger partial charge in [0.25, 0.3) is 0 Å². The summed E-state index contributed by atoms with van der Waals surface area (Å²) in [5.41, 5.74) is 4.60. The lowest BCUT2D eigenvalue weighted by Gasteiger charge is -2.16. The third kappa shape index (κ3) is 4.00. The van der Waals surface area contributed by atoms with Crippen molar-refractivity contribution in [2.24, 2.45) is 5.92 Å². The van der Waals surface area contributed by atoms with Crippen molar-refractivity contribution < 1.29 is 9.90 Å². The Morgan fingerprint density at radius 2 is 2.24 bits per heavy atom. The second-order valence-electron chi connectivity index (χ2n) is 6.14. The Morgan fingerprint density at radius 3 is 2.96 bits per heavy atom. The third-order valence-electron chi connectivity index (χ3n) is 4.41. The normalized spacial score (nSPS) is 12.3. The number of H-pyrrole nitrogens is 1. The van der Waals surface area contributed by atoms with Gasteiger partial charge in [0, 0.05) is 29.6 Å². The summed E-state index contributed by atoms with van der Waals surface area (Å²) in [5, 5.41) is 17.3. The van der Waals surface area contributed by atoms with Crippen LogP contribution in [0.3, 0.4) is 0 Å². The number of anilines is 1. The van der Waals surface area contributed by atoms with Crippen molar-refractivity contribution >= 4 is 34.1 Å². The van der Waals surface area contributed by atoms with Gasteiger partial charge in [-0.25, -0.2) is 9.78 Å². The summed E-state index contributed by atoms with van der Waals surface area (Å²) in [6, 6.07) is 5.65. The Bertz CT molecular complexity index is 857. The standard InChI is InChI=1S/C18H22N4O2S/c1-11-12(2)17-16(20-10-21-17)7-15(11)22-18(24)19-8-13(9-23)6-14-4-3-5-25-14/h3-5,7,10,13,23H,6,8-9H2,1-2H3,(H,20,21)(H2,19,22,24)/t13-/m0/s1. The quantitative estimate of drug-likeness (QED) is 0.545. The SMILES string of the molecule is Cc1c(NC(=O)NC[C@@H](CO)Cc2cccs2)cc2[nH]cnc2c1C. The largest absolute Gasteiger partial charge is 0.396 e. The van der Waals surface area contributed by atoms with E-state index in [1.807, 2.05) is 37.4 Å². The fourth-order valence-electron chi connectivity index (χ4n) is 2.79. The Hall–Kier alpha value is -2.38. The Kier molecular flexibility index (Phi) is 5.35. The molecule has 2 amide bonds. The van der Waals surface area contributed by atoms with Gasteiger partial charge >= 0.3 is 6.03 Å². The molecule has 2 aromatic heterocycles. The number of fused-ring (bicyclic) bond motifs is 1. The summed E-state index contributed by atoms with van der Waals surface area (Å²) < 4.78 is 0. The molecule has 132 valence electrons. The number of aryl methyl sites for hydroxylation is 1. The number of aliphatic hydroxyl groups excluding tert-OH is 1. The van der Waals surface area contributed by atoms with Crippen LogP contribution < -0.4 is 10.6 Å². The summed E-state index contributed by atoms with van der Waals surface area (Å²) >= 11 is 1.66. The molecule has 0 bridgehead atoms. The van der Waals surface area contributed by atoms with Gasteiger partial charge in [0.05, 0.1) is 17.4 Å². The van der Waals surface area contributed by atoms with Gasteiger partial charge in [-0.1, -0.05) is 6.07 Å². The van der Waals surface area contributed by atoms with E-state index < -0.39 is 0 Å². The molecule has 0 radical (unpaired) electrons. The molecule has 3 aromatic rings. The van der Waals surface area contributed by atoms with E-state index in [2.05, 4.69) is 20.6 Å². The molecule has 0 aliphatic heterocycles. The molecule has 0 unspecified atom stereocenters. The van der Waals surface area contributed by atoms with Gasteiger partial charge in [-0.05, 0) is 48.9 Å². The molecule has 0 fully saturated rings. The first-order chi connectivity index (χ1) is 12.1. The minimum Gasteiger partial charge on any atom is -0.396 e. The number of hydrogen-bond acceptors (Lipinski definition) is 4. The molecule has 0 spiro atoms. The maximum atomic E-state index is 12.2. The van der Waals surface area contributed by atoms with E-state index >= 15 is 0 Å². The van der Waals surface area contributed by atoms with Crippen LogP contribution in [-0.2, 0) is 6.42 Å². The fourth-order valence-corrected chi connectivity index (χ4v) is 3.61. The first kappa shape index (κ1) is 17.4. The molecular weight excluding hydrogens is 336 g/mol. The number of nitrogens with zero attached hydrogens (tertiary/aromatic N) is 1. The number of rotatable bonds is 6. The molecular formula is C18H22N4O2S. The van der Waals surface area contributed by atoms with Crippen molar-refractivity contribution in [3.63, 3.8) is 0 Å². The number of aromatic amines is 1. The van der Waals surface area contributed by atoms with E-state index in [0.717, 1.165) is 34.3 Å². The van der Waals surface area contributed by atoms with Gasteiger partial charge in [-0.2, -0.15) is 0 Å². The highest BCUT2D eigenvalue weighted by molar-refractivity contribution is 7.09. The van der Waals surface area contributed by atoms with E-state index in [0.29, 0.717) is 6.54 Å². The number of benzene rings is 1. The number of nitrogens with one attached hydrogen (secondary N) is 3. The lowest BCUT2D eigenvalue weighted by atomic mass is 10.1. The van der Waals surface area contributed by atoms with Gasteiger partial charge in [-0.15, -0.1) is 11.3 Å². The lowest BCUT2D eigenvalue weighted by Crippen LogP contribution is -2.35. The zero-order valence-electron chi connectivity index (χ0n) is 14.3. The average molecular weight is 358 g/mol. The monoisotopic (exact) mass is 358 g/mol. The zero-order valence-corrected chi connectivity index (χ0v) is 15.1. The maximum absolute atomic E-state index is 12.2. The molecule has 25 heavy (non-hydrogen) atoms. The highest BCUT2D eigenvalue weighted by Crippen LogP contribution is 2.26. The van der Waals surface area contributed by atoms with Crippen molar-refractivity contribution in [1.29, 1.82) is 0 Å². The molecule has 7 heteroatoms. The maximum Gasteiger partial charge on any atom is 0.319 e. The molecule has 2 heterocycles. The van der Waals surface area contributed by atoms with Crippen molar-refractivity contribution in [3.05, 3.63) is 45.9 Å². The van der Waals surface area contributed by atoms with Crippen LogP contribution in [0.4, 0.5) is 10.5 Å². The third-order valence-corrected chi connectivity index (χ3v) is 5.31. The Morgan fingerprint density at radius 1 is 1.40 bits per heavy atom. The van der Waals surface area contributed by atoms with Crippen LogP contribution in [0.2, 0.25) is 0 Å².